The van der Waals surface area contributed by atoms with Crippen molar-refractivity contribution < 1.29 is 18.7 Å². The van der Waals surface area contributed by atoms with Crippen molar-refractivity contribution >= 4 is 11.7 Å². The predicted molar refractivity (Wildman–Crippen MR) is 56.0 cm³/mol. The molecule has 1 aromatic carbocycles. The summed E-state index contributed by atoms with van der Waals surface area (Å²) in [5, 5.41) is 9.08. The summed E-state index contributed by atoms with van der Waals surface area (Å²) in [4.78, 5) is 11.1. The van der Waals surface area contributed by atoms with E-state index in [0.717, 1.165) is 6.07 Å². The third-order valence-corrected chi connectivity index (χ3v) is 2.86. The van der Waals surface area contributed by atoms with Gasteiger partial charge in [0.15, 0.2) is 11.6 Å². The lowest BCUT2D eigenvalue weighted by Gasteiger charge is -2.25. The van der Waals surface area contributed by atoms with Gasteiger partial charge in [0.05, 0.1) is 5.41 Å². The molecule has 0 aromatic heterocycles. The second-order valence-corrected chi connectivity index (χ2v) is 3.82. The fourth-order valence-electron chi connectivity index (χ4n) is 1.56. The number of carbonyl (C=O) groups is 1. The molecule has 0 bridgehead atoms. The van der Waals surface area contributed by atoms with Crippen molar-refractivity contribution in [3.63, 3.8) is 0 Å². The van der Waals surface area contributed by atoms with E-state index in [1.54, 1.807) is 6.92 Å². The van der Waals surface area contributed by atoms with E-state index in [4.69, 9.17) is 10.8 Å². The van der Waals surface area contributed by atoms with Crippen LogP contribution < -0.4 is 5.73 Å². The van der Waals surface area contributed by atoms with Crippen LogP contribution in [0.25, 0.3) is 0 Å². The van der Waals surface area contributed by atoms with Crippen molar-refractivity contribution in [1.29, 1.82) is 0 Å². The number of benzene rings is 1. The summed E-state index contributed by atoms with van der Waals surface area (Å²) in [5.74, 6) is -3.51. The highest BCUT2D eigenvalue weighted by Gasteiger charge is 2.38. The minimum atomic E-state index is -1.52. The molecule has 0 aliphatic rings. The summed E-state index contributed by atoms with van der Waals surface area (Å²) < 4.78 is 26.7. The van der Waals surface area contributed by atoms with Gasteiger partial charge in [-0.3, -0.25) is 4.79 Å². The largest absolute Gasteiger partial charge is 0.481 e. The van der Waals surface area contributed by atoms with Crippen molar-refractivity contribution in [2.75, 3.05) is 5.73 Å². The molecular formula is C11H13F2NO2. The normalized spacial score (nSPS) is 14.5. The highest BCUT2D eigenvalue weighted by molar-refractivity contribution is 5.83. The van der Waals surface area contributed by atoms with Gasteiger partial charge in [-0.2, -0.15) is 0 Å². The highest BCUT2D eigenvalue weighted by Crippen LogP contribution is 2.35. The van der Waals surface area contributed by atoms with Gasteiger partial charge in [0.2, 0.25) is 0 Å². The van der Waals surface area contributed by atoms with Crippen LogP contribution in [0.2, 0.25) is 0 Å². The number of nitrogens with two attached hydrogens (primary N) is 1. The van der Waals surface area contributed by atoms with E-state index in [1.165, 1.54) is 13.0 Å². The Morgan fingerprint density at radius 1 is 1.50 bits per heavy atom. The summed E-state index contributed by atoms with van der Waals surface area (Å²) in [6, 6.07) is 2.05. The van der Waals surface area contributed by atoms with Crippen LogP contribution in [-0.2, 0) is 10.2 Å². The van der Waals surface area contributed by atoms with Crippen molar-refractivity contribution in [2.24, 2.45) is 0 Å². The van der Waals surface area contributed by atoms with E-state index in [9.17, 15) is 13.6 Å². The lowest BCUT2D eigenvalue weighted by molar-refractivity contribution is -0.143. The van der Waals surface area contributed by atoms with Gasteiger partial charge < -0.3 is 10.8 Å². The molecule has 0 spiro atoms. The maximum atomic E-state index is 13.6. The van der Waals surface area contributed by atoms with Crippen molar-refractivity contribution in [1.82, 2.24) is 0 Å². The van der Waals surface area contributed by atoms with Crippen LogP contribution in [0, 0.1) is 11.6 Å². The summed E-state index contributed by atoms with van der Waals surface area (Å²) in [6.45, 7) is 2.90. The molecule has 1 atom stereocenters. The third-order valence-electron chi connectivity index (χ3n) is 2.86. The Labute approximate surface area is 91.9 Å². The fraction of sp³-hybridized carbons (Fsp3) is 0.364. The molecular weight excluding hydrogens is 216 g/mol. The average molecular weight is 229 g/mol. The number of hydrogen-bond donors (Lipinski definition) is 2. The van der Waals surface area contributed by atoms with Crippen LogP contribution >= 0.6 is 0 Å². The smallest absolute Gasteiger partial charge is 0.314 e. The summed E-state index contributed by atoms with van der Waals surface area (Å²) in [7, 11) is 0. The van der Waals surface area contributed by atoms with Crippen molar-refractivity contribution in [3.05, 3.63) is 29.3 Å². The van der Waals surface area contributed by atoms with E-state index in [2.05, 4.69) is 0 Å². The first-order chi connectivity index (χ1) is 7.34. The molecule has 0 saturated heterocycles. The average Bonchev–Trinajstić information content (AvgIpc) is 2.23. The number of aliphatic carboxylic acids is 1. The van der Waals surface area contributed by atoms with Crippen LogP contribution in [0.15, 0.2) is 12.1 Å². The molecule has 0 aliphatic heterocycles. The quantitative estimate of drug-likeness (QED) is 0.781. The van der Waals surface area contributed by atoms with Crippen LogP contribution in [0.4, 0.5) is 14.5 Å². The second kappa shape index (κ2) is 4.08. The van der Waals surface area contributed by atoms with E-state index < -0.39 is 23.0 Å². The molecule has 0 saturated carbocycles. The molecule has 0 heterocycles. The zero-order valence-electron chi connectivity index (χ0n) is 9.05. The fourth-order valence-corrected chi connectivity index (χ4v) is 1.56. The van der Waals surface area contributed by atoms with Gasteiger partial charge in [-0.25, -0.2) is 8.78 Å². The van der Waals surface area contributed by atoms with Gasteiger partial charge in [-0.15, -0.1) is 0 Å². The van der Waals surface area contributed by atoms with Gasteiger partial charge in [-0.1, -0.05) is 6.92 Å². The molecule has 5 heteroatoms. The minimum Gasteiger partial charge on any atom is -0.481 e. The SMILES string of the molecule is CCC(C)(C(=O)O)c1c(N)ccc(F)c1F. The van der Waals surface area contributed by atoms with Crippen LogP contribution in [0.1, 0.15) is 25.8 Å². The zero-order valence-corrected chi connectivity index (χ0v) is 9.05. The maximum absolute atomic E-state index is 13.6. The molecule has 1 rings (SSSR count). The van der Waals surface area contributed by atoms with E-state index >= 15 is 0 Å². The number of anilines is 1. The lowest BCUT2D eigenvalue weighted by atomic mass is 9.79. The monoisotopic (exact) mass is 229 g/mol. The van der Waals surface area contributed by atoms with Crippen molar-refractivity contribution in [3.8, 4) is 0 Å². The molecule has 1 unspecified atom stereocenters. The lowest BCUT2D eigenvalue weighted by Crippen LogP contribution is -2.34. The highest BCUT2D eigenvalue weighted by atomic mass is 19.2. The first kappa shape index (κ1) is 12.4. The molecule has 0 amide bonds. The zero-order chi connectivity index (χ0) is 12.5. The number of carboxylic acids is 1. The Morgan fingerprint density at radius 2 is 2.06 bits per heavy atom. The number of rotatable bonds is 3. The number of nitrogen functional groups attached to an aromatic ring is 1. The molecule has 0 radical (unpaired) electrons. The van der Waals surface area contributed by atoms with Crippen molar-refractivity contribution in [2.45, 2.75) is 25.7 Å². The number of carboxylic acid groups (broad SMARTS) is 1. The van der Waals surface area contributed by atoms with Gasteiger partial charge >= 0.3 is 5.97 Å². The van der Waals surface area contributed by atoms with Gasteiger partial charge in [-0.05, 0) is 25.5 Å². The Morgan fingerprint density at radius 3 is 2.50 bits per heavy atom. The summed E-state index contributed by atoms with van der Waals surface area (Å²) in [6.07, 6.45) is 0.118. The number of hydrogen-bond acceptors (Lipinski definition) is 2. The molecule has 88 valence electrons. The van der Waals surface area contributed by atoms with E-state index in [-0.39, 0.29) is 17.7 Å². The first-order valence-corrected chi connectivity index (χ1v) is 4.82. The Kier molecular flexibility index (Phi) is 3.16. The topological polar surface area (TPSA) is 63.3 Å². The molecule has 0 fully saturated rings. The predicted octanol–water partition coefficient (Wildman–Crippen LogP) is 2.30. The number of halogens is 2. The standard InChI is InChI=1S/C11H13F2NO2/c1-3-11(2,10(15)16)8-7(14)5-4-6(12)9(8)13/h4-5H,3,14H2,1-2H3,(H,15,16). The minimum absolute atomic E-state index is 0.0503. The van der Waals surface area contributed by atoms with E-state index in [0.29, 0.717) is 0 Å². The van der Waals surface area contributed by atoms with Gasteiger partial charge in [0, 0.05) is 11.3 Å². The molecule has 0 aliphatic carbocycles. The summed E-state index contributed by atoms with van der Waals surface area (Å²) in [5.41, 5.74) is 3.66. The molecule has 16 heavy (non-hydrogen) atoms. The van der Waals surface area contributed by atoms with Crippen LogP contribution in [-0.4, -0.2) is 11.1 Å². The second-order valence-electron chi connectivity index (χ2n) is 3.82. The van der Waals surface area contributed by atoms with Crippen LogP contribution in [0.5, 0.6) is 0 Å². The Bertz CT molecular complexity index is 434. The van der Waals surface area contributed by atoms with Crippen LogP contribution in [0.3, 0.4) is 0 Å². The Hall–Kier alpha value is -1.65. The maximum Gasteiger partial charge on any atom is 0.314 e. The van der Waals surface area contributed by atoms with Gasteiger partial charge in [0.25, 0.3) is 0 Å². The van der Waals surface area contributed by atoms with E-state index in [1.807, 2.05) is 0 Å². The third kappa shape index (κ3) is 1.73. The first-order valence-electron chi connectivity index (χ1n) is 4.82. The van der Waals surface area contributed by atoms with Gasteiger partial charge in [0.1, 0.15) is 0 Å². The Balaban J connectivity index is 3.53. The molecule has 3 N–H and O–H groups in total. The molecule has 1 aromatic rings. The molecule has 3 nitrogen and oxygen atoms in total. The summed E-state index contributed by atoms with van der Waals surface area (Å²) >= 11 is 0.